The first-order chi connectivity index (χ1) is 13.3. The van der Waals surface area contributed by atoms with Crippen molar-refractivity contribution in [3.63, 3.8) is 0 Å². The van der Waals surface area contributed by atoms with Crippen molar-refractivity contribution in [1.29, 1.82) is 5.26 Å². The predicted molar refractivity (Wildman–Crippen MR) is 105 cm³/mol. The van der Waals surface area contributed by atoms with Gasteiger partial charge in [0, 0.05) is 18.0 Å². The number of pyridine rings is 1. The van der Waals surface area contributed by atoms with E-state index in [1.807, 2.05) is 32.0 Å². The molecular formula is C20H20N4O4. The molecule has 0 spiro atoms. The Morgan fingerprint density at radius 3 is 2.50 bits per heavy atom. The zero-order valence-corrected chi connectivity index (χ0v) is 16.3. The van der Waals surface area contributed by atoms with Crippen LogP contribution in [0.5, 0.6) is 5.75 Å². The maximum absolute atomic E-state index is 13.1. The summed E-state index contributed by atoms with van der Waals surface area (Å²) in [6.07, 6.45) is 0. The van der Waals surface area contributed by atoms with Crippen LogP contribution in [0.3, 0.4) is 0 Å². The highest BCUT2D eigenvalue weighted by Crippen LogP contribution is 2.36. The number of benzene rings is 1. The molecule has 0 unspecified atom stereocenters. The van der Waals surface area contributed by atoms with Crippen LogP contribution >= 0.6 is 0 Å². The summed E-state index contributed by atoms with van der Waals surface area (Å²) in [4.78, 5) is 25.6. The topological polar surface area (TPSA) is 112 Å². The van der Waals surface area contributed by atoms with Gasteiger partial charge in [0.2, 0.25) is 0 Å². The summed E-state index contributed by atoms with van der Waals surface area (Å²) in [6.45, 7) is 3.72. The molecule has 0 aliphatic heterocycles. The molecule has 0 fully saturated rings. The molecule has 2 aromatic heterocycles. The second kappa shape index (κ2) is 6.78. The highest BCUT2D eigenvalue weighted by molar-refractivity contribution is 6.10. The second-order valence-corrected chi connectivity index (χ2v) is 6.41. The number of anilines is 1. The molecule has 2 N–H and O–H groups in total. The summed E-state index contributed by atoms with van der Waals surface area (Å²) in [5.41, 5.74) is 8.49. The van der Waals surface area contributed by atoms with E-state index >= 15 is 0 Å². The molecule has 0 aliphatic rings. The molecule has 0 radical (unpaired) electrons. The van der Waals surface area contributed by atoms with Gasteiger partial charge in [0.15, 0.2) is 0 Å². The lowest BCUT2D eigenvalue weighted by atomic mass is 10.1. The minimum absolute atomic E-state index is 0.0494. The van der Waals surface area contributed by atoms with Gasteiger partial charge in [0.1, 0.15) is 34.4 Å². The standard InChI is InChI=1S/C20H20N4O4/c1-10-6-7-14(27-4)11(2)16(10)24-17-13(15(18(24)22)20(26)28-5)8-12(9-21)23(3)19(17)25/h6-8H,22H2,1-5H3. The third-order valence-electron chi connectivity index (χ3n) is 4.93. The van der Waals surface area contributed by atoms with E-state index in [1.54, 1.807) is 7.11 Å². The van der Waals surface area contributed by atoms with Gasteiger partial charge in [-0.25, -0.2) is 4.79 Å². The van der Waals surface area contributed by atoms with E-state index < -0.39 is 11.5 Å². The number of fused-ring (bicyclic) bond motifs is 1. The summed E-state index contributed by atoms with van der Waals surface area (Å²) in [5.74, 6) is -0.00275. The van der Waals surface area contributed by atoms with Gasteiger partial charge in [-0.3, -0.25) is 9.36 Å². The van der Waals surface area contributed by atoms with Crippen LogP contribution in [0, 0.1) is 25.2 Å². The summed E-state index contributed by atoms with van der Waals surface area (Å²) in [7, 11) is 4.28. The fraction of sp³-hybridized carbons (Fsp3) is 0.250. The van der Waals surface area contributed by atoms with Gasteiger partial charge < -0.3 is 19.8 Å². The number of esters is 1. The van der Waals surface area contributed by atoms with E-state index in [2.05, 4.69) is 0 Å². The van der Waals surface area contributed by atoms with Crippen molar-refractivity contribution < 1.29 is 14.3 Å². The van der Waals surface area contributed by atoms with E-state index in [-0.39, 0.29) is 28.0 Å². The van der Waals surface area contributed by atoms with Crippen LogP contribution < -0.4 is 16.0 Å². The molecule has 8 heteroatoms. The lowest BCUT2D eigenvalue weighted by Crippen LogP contribution is -2.21. The lowest BCUT2D eigenvalue weighted by molar-refractivity contribution is 0.0604. The van der Waals surface area contributed by atoms with Gasteiger partial charge in [-0.2, -0.15) is 5.26 Å². The molecule has 1 aromatic carbocycles. The molecule has 0 amide bonds. The number of methoxy groups -OCH3 is 2. The van der Waals surface area contributed by atoms with Crippen LogP contribution in [0.25, 0.3) is 16.6 Å². The summed E-state index contributed by atoms with van der Waals surface area (Å²) >= 11 is 0. The highest BCUT2D eigenvalue weighted by atomic mass is 16.5. The van der Waals surface area contributed by atoms with Crippen LogP contribution in [0.2, 0.25) is 0 Å². The second-order valence-electron chi connectivity index (χ2n) is 6.41. The van der Waals surface area contributed by atoms with Crippen molar-refractivity contribution in [3.05, 3.63) is 50.9 Å². The van der Waals surface area contributed by atoms with Crippen LogP contribution in [-0.2, 0) is 11.8 Å². The minimum atomic E-state index is -0.684. The van der Waals surface area contributed by atoms with Crippen molar-refractivity contribution in [2.75, 3.05) is 20.0 Å². The number of hydrogen-bond donors (Lipinski definition) is 1. The van der Waals surface area contributed by atoms with Crippen molar-refractivity contribution in [2.45, 2.75) is 13.8 Å². The molecule has 0 atom stereocenters. The smallest absolute Gasteiger partial charge is 0.342 e. The number of carbonyl (C=O) groups is 1. The highest BCUT2D eigenvalue weighted by Gasteiger charge is 2.27. The van der Waals surface area contributed by atoms with Crippen molar-refractivity contribution in [1.82, 2.24) is 9.13 Å². The molecule has 2 heterocycles. The van der Waals surface area contributed by atoms with Crippen molar-refractivity contribution >= 4 is 22.7 Å². The number of carbonyl (C=O) groups excluding carboxylic acids is 1. The van der Waals surface area contributed by atoms with E-state index in [1.165, 1.54) is 29.4 Å². The van der Waals surface area contributed by atoms with Crippen LogP contribution in [0.1, 0.15) is 27.2 Å². The fourth-order valence-electron chi connectivity index (χ4n) is 3.50. The Hall–Kier alpha value is -3.73. The average Bonchev–Trinajstić information content (AvgIpc) is 2.96. The zero-order chi connectivity index (χ0) is 20.7. The quantitative estimate of drug-likeness (QED) is 0.697. The third kappa shape index (κ3) is 2.52. The van der Waals surface area contributed by atoms with Crippen molar-refractivity contribution in [3.8, 4) is 17.5 Å². The Bertz CT molecular complexity index is 1230. The fourth-order valence-corrected chi connectivity index (χ4v) is 3.50. The first-order valence-electron chi connectivity index (χ1n) is 8.45. The number of ether oxygens (including phenoxy) is 2. The van der Waals surface area contributed by atoms with Crippen molar-refractivity contribution in [2.24, 2.45) is 7.05 Å². The van der Waals surface area contributed by atoms with Crippen LogP contribution in [0.15, 0.2) is 23.0 Å². The van der Waals surface area contributed by atoms with Gasteiger partial charge in [0.25, 0.3) is 5.56 Å². The zero-order valence-electron chi connectivity index (χ0n) is 16.3. The molecular weight excluding hydrogens is 360 g/mol. The van der Waals surface area contributed by atoms with Crippen LogP contribution in [-0.4, -0.2) is 29.3 Å². The first kappa shape index (κ1) is 19.0. The SMILES string of the molecule is COC(=O)c1c(N)n(-c2c(C)ccc(OC)c2C)c2c(=O)n(C)c(C#N)cc12. The van der Waals surface area contributed by atoms with E-state index in [0.29, 0.717) is 11.4 Å². The number of nitrogen functional groups attached to an aromatic ring is 1. The van der Waals surface area contributed by atoms with Gasteiger partial charge in [-0.15, -0.1) is 0 Å². The molecule has 144 valence electrons. The van der Waals surface area contributed by atoms with Gasteiger partial charge >= 0.3 is 5.97 Å². The van der Waals surface area contributed by atoms with E-state index in [4.69, 9.17) is 15.2 Å². The molecule has 0 aliphatic carbocycles. The molecule has 28 heavy (non-hydrogen) atoms. The third-order valence-corrected chi connectivity index (χ3v) is 4.93. The molecule has 3 aromatic rings. The molecule has 3 rings (SSSR count). The Balaban J connectivity index is 2.62. The number of nitrogens with zero attached hydrogens (tertiary/aromatic N) is 3. The lowest BCUT2D eigenvalue weighted by Gasteiger charge is -2.17. The first-order valence-corrected chi connectivity index (χ1v) is 8.45. The van der Waals surface area contributed by atoms with Crippen LogP contribution in [0.4, 0.5) is 5.82 Å². The minimum Gasteiger partial charge on any atom is -0.496 e. The maximum atomic E-state index is 13.1. The normalized spacial score (nSPS) is 10.7. The monoisotopic (exact) mass is 380 g/mol. The predicted octanol–water partition coefficient (Wildman–Crippen LogP) is 2.20. The molecule has 8 nitrogen and oxygen atoms in total. The Labute approximate surface area is 161 Å². The summed E-state index contributed by atoms with van der Waals surface area (Å²) < 4.78 is 13.0. The number of hydrogen-bond acceptors (Lipinski definition) is 6. The Kier molecular flexibility index (Phi) is 4.61. The van der Waals surface area contributed by atoms with Gasteiger partial charge in [0.05, 0.1) is 19.9 Å². The molecule has 0 bridgehead atoms. The van der Waals surface area contributed by atoms with Gasteiger partial charge in [-0.1, -0.05) is 6.07 Å². The largest absolute Gasteiger partial charge is 0.496 e. The number of nitrogens with two attached hydrogens (primary N) is 1. The Morgan fingerprint density at radius 1 is 1.25 bits per heavy atom. The Morgan fingerprint density at radius 2 is 1.93 bits per heavy atom. The molecule has 0 saturated heterocycles. The van der Waals surface area contributed by atoms with E-state index in [9.17, 15) is 14.9 Å². The number of nitriles is 1. The molecule has 0 saturated carbocycles. The number of aryl methyl sites for hydroxylation is 1. The average molecular weight is 380 g/mol. The van der Waals surface area contributed by atoms with E-state index in [0.717, 1.165) is 11.1 Å². The number of rotatable bonds is 3. The maximum Gasteiger partial charge on any atom is 0.342 e. The number of aromatic nitrogens is 2. The summed E-state index contributed by atoms with van der Waals surface area (Å²) in [6, 6.07) is 7.10. The summed E-state index contributed by atoms with van der Waals surface area (Å²) in [5, 5.41) is 9.63. The van der Waals surface area contributed by atoms with Gasteiger partial charge in [-0.05, 0) is 31.5 Å².